The van der Waals surface area contributed by atoms with Gasteiger partial charge in [0, 0.05) is 19.1 Å². The monoisotopic (exact) mass is 211 g/mol. The van der Waals surface area contributed by atoms with Crippen LogP contribution in [0, 0.1) is 11.8 Å². The number of hydrogen-bond acceptors (Lipinski definition) is 2. The largest absolute Gasteiger partial charge is 0.381 e. The molecule has 0 aromatic heterocycles. The second-order valence-electron chi connectivity index (χ2n) is 5.60. The van der Waals surface area contributed by atoms with E-state index in [1.165, 1.54) is 38.8 Å². The third-order valence-electron chi connectivity index (χ3n) is 3.90. The van der Waals surface area contributed by atoms with Crippen molar-refractivity contribution < 1.29 is 4.74 Å². The minimum Gasteiger partial charge on any atom is -0.381 e. The fraction of sp³-hybridized carbons (Fsp3) is 1.00. The maximum absolute atomic E-state index is 5.82. The zero-order valence-electron chi connectivity index (χ0n) is 10.2. The van der Waals surface area contributed by atoms with Crippen LogP contribution in [0.4, 0.5) is 0 Å². The summed E-state index contributed by atoms with van der Waals surface area (Å²) < 4.78 is 5.82. The molecule has 2 heteroatoms. The summed E-state index contributed by atoms with van der Waals surface area (Å²) in [5.41, 5.74) is 0. The third kappa shape index (κ3) is 3.18. The molecule has 3 heterocycles. The molecule has 0 spiro atoms. The smallest absolute Gasteiger partial charge is 0.0506 e. The minimum absolute atomic E-state index is 0.700. The summed E-state index contributed by atoms with van der Waals surface area (Å²) in [6.07, 6.45) is 5.57. The number of hydrogen-bond donors (Lipinski definition) is 0. The Kier molecular flexibility index (Phi) is 4.04. The van der Waals surface area contributed by atoms with Crippen molar-refractivity contribution in [3.63, 3.8) is 0 Å². The van der Waals surface area contributed by atoms with Crippen LogP contribution in [0.5, 0.6) is 0 Å². The van der Waals surface area contributed by atoms with Gasteiger partial charge < -0.3 is 9.64 Å². The van der Waals surface area contributed by atoms with Crippen LogP contribution in [-0.2, 0) is 4.74 Å². The highest BCUT2D eigenvalue weighted by molar-refractivity contribution is 4.77. The molecule has 0 amide bonds. The molecule has 2 unspecified atom stereocenters. The van der Waals surface area contributed by atoms with Crippen LogP contribution < -0.4 is 0 Å². The standard InChI is InChI=1S/C13H25NO/c1-11(2)14-7-12-5-3-4-6-13(8-14)10-15-9-12/h11-13H,3-10H2,1-2H3. The predicted octanol–water partition coefficient (Wildman–Crippen LogP) is 2.53. The highest BCUT2D eigenvalue weighted by atomic mass is 16.5. The Morgan fingerprint density at radius 1 is 1.00 bits per heavy atom. The Balaban J connectivity index is 2.05. The highest BCUT2D eigenvalue weighted by Gasteiger charge is 2.25. The molecule has 3 fully saturated rings. The zero-order valence-corrected chi connectivity index (χ0v) is 10.2. The lowest BCUT2D eigenvalue weighted by molar-refractivity contribution is 0.0130. The summed E-state index contributed by atoms with van der Waals surface area (Å²) in [6.45, 7) is 9.17. The maximum Gasteiger partial charge on any atom is 0.0506 e. The van der Waals surface area contributed by atoms with Crippen molar-refractivity contribution in [2.45, 2.75) is 45.6 Å². The van der Waals surface area contributed by atoms with Gasteiger partial charge in [-0.2, -0.15) is 0 Å². The van der Waals surface area contributed by atoms with Crippen molar-refractivity contribution in [2.24, 2.45) is 11.8 Å². The summed E-state index contributed by atoms with van der Waals surface area (Å²) in [6, 6.07) is 0.700. The molecule has 2 atom stereocenters. The molecule has 3 aliphatic heterocycles. The molecule has 0 radical (unpaired) electrons. The second kappa shape index (κ2) is 5.31. The number of ether oxygens (including phenoxy) is 1. The average Bonchev–Trinajstić information content (AvgIpc) is 2.31. The fourth-order valence-corrected chi connectivity index (χ4v) is 2.88. The molecule has 0 aromatic carbocycles. The maximum atomic E-state index is 5.82. The van der Waals surface area contributed by atoms with Crippen LogP contribution in [-0.4, -0.2) is 37.2 Å². The van der Waals surface area contributed by atoms with Gasteiger partial charge in [-0.05, 0) is 38.5 Å². The second-order valence-corrected chi connectivity index (χ2v) is 5.60. The van der Waals surface area contributed by atoms with Crippen molar-refractivity contribution >= 4 is 0 Å². The molecule has 3 saturated heterocycles. The van der Waals surface area contributed by atoms with Crippen LogP contribution in [0.25, 0.3) is 0 Å². The highest BCUT2D eigenvalue weighted by Crippen LogP contribution is 2.24. The molecule has 0 aromatic rings. The van der Waals surface area contributed by atoms with Crippen molar-refractivity contribution in [3.8, 4) is 0 Å². The van der Waals surface area contributed by atoms with Crippen molar-refractivity contribution in [1.82, 2.24) is 4.90 Å². The van der Waals surface area contributed by atoms with Gasteiger partial charge in [-0.15, -0.1) is 0 Å². The van der Waals surface area contributed by atoms with Gasteiger partial charge in [0.2, 0.25) is 0 Å². The van der Waals surface area contributed by atoms with E-state index in [-0.39, 0.29) is 0 Å². The first kappa shape index (κ1) is 11.4. The SMILES string of the molecule is CC(C)N1CC2CCCCC(COC2)C1. The summed E-state index contributed by atoms with van der Waals surface area (Å²) in [5, 5.41) is 0. The van der Waals surface area contributed by atoms with Gasteiger partial charge in [-0.1, -0.05) is 12.8 Å². The van der Waals surface area contributed by atoms with Crippen LogP contribution in [0.1, 0.15) is 39.5 Å². The summed E-state index contributed by atoms with van der Waals surface area (Å²) >= 11 is 0. The molecule has 0 saturated carbocycles. The van der Waals surface area contributed by atoms with Gasteiger partial charge in [0.05, 0.1) is 13.2 Å². The van der Waals surface area contributed by atoms with Gasteiger partial charge in [0.15, 0.2) is 0 Å². The van der Waals surface area contributed by atoms with Crippen molar-refractivity contribution in [3.05, 3.63) is 0 Å². The molecule has 15 heavy (non-hydrogen) atoms. The topological polar surface area (TPSA) is 12.5 Å². The first-order chi connectivity index (χ1) is 7.25. The van der Waals surface area contributed by atoms with E-state index < -0.39 is 0 Å². The van der Waals surface area contributed by atoms with E-state index in [0.29, 0.717) is 6.04 Å². The van der Waals surface area contributed by atoms with Gasteiger partial charge in [-0.25, -0.2) is 0 Å². The van der Waals surface area contributed by atoms with E-state index in [1.807, 2.05) is 0 Å². The molecule has 2 bridgehead atoms. The summed E-state index contributed by atoms with van der Waals surface area (Å²) in [4.78, 5) is 2.67. The number of rotatable bonds is 1. The molecule has 0 aliphatic carbocycles. The van der Waals surface area contributed by atoms with E-state index in [0.717, 1.165) is 25.0 Å². The Labute approximate surface area is 94.0 Å². The third-order valence-corrected chi connectivity index (χ3v) is 3.90. The lowest BCUT2D eigenvalue weighted by Crippen LogP contribution is -2.42. The molecule has 3 rings (SSSR count). The van der Waals surface area contributed by atoms with Crippen LogP contribution in [0.15, 0.2) is 0 Å². The molecule has 3 aliphatic rings. The Hall–Kier alpha value is -0.0800. The molecular weight excluding hydrogens is 186 g/mol. The Morgan fingerprint density at radius 3 is 2.00 bits per heavy atom. The summed E-state index contributed by atoms with van der Waals surface area (Å²) in [7, 11) is 0. The van der Waals surface area contributed by atoms with E-state index in [9.17, 15) is 0 Å². The van der Waals surface area contributed by atoms with Gasteiger partial charge in [0.25, 0.3) is 0 Å². The molecular formula is C13H25NO. The Morgan fingerprint density at radius 2 is 1.53 bits per heavy atom. The number of fused-ring (bicyclic) bond motifs is 7. The van der Waals surface area contributed by atoms with E-state index in [2.05, 4.69) is 18.7 Å². The van der Waals surface area contributed by atoms with E-state index in [4.69, 9.17) is 4.74 Å². The lowest BCUT2D eigenvalue weighted by atomic mass is 10.0. The normalized spacial score (nSPS) is 34.6. The first-order valence-corrected chi connectivity index (χ1v) is 6.57. The number of nitrogens with zero attached hydrogens (tertiary/aromatic N) is 1. The molecule has 88 valence electrons. The average molecular weight is 211 g/mol. The quantitative estimate of drug-likeness (QED) is 0.661. The van der Waals surface area contributed by atoms with Crippen LogP contribution in [0.2, 0.25) is 0 Å². The Bertz CT molecular complexity index is 173. The fourth-order valence-electron chi connectivity index (χ4n) is 2.88. The van der Waals surface area contributed by atoms with Crippen LogP contribution in [0.3, 0.4) is 0 Å². The zero-order chi connectivity index (χ0) is 10.7. The minimum atomic E-state index is 0.700. The van der Waals surface area contributed by atoms with Gasteiger partial charge in [0.1, 0.15) is 0 Å². The molecule has 2 nitrogen and oxygen atoms in total. The van der Waals surface area contributed by atoms with E-state index in [1.54, 1.807) is 0 Å². The van der Waals surface area contributed by atoms with Gasteiger partial charge in [-0.3, -0.25) is 0 Å². The van der Waals surface area contributed by atoms with E-state index >= 15 is 0 Å². The first-order valence-electron chi connectivity index (χ1n) is 6.57. The predicted molar refractivity (Wildman–Crippen MR) is 63.0 cm³/mol. The lowest BCUT2D eigenvalue weighted by Gasteiger charge is -2.35. The summed E-state index contributed by atoms with van der Waals surface area (Å²) in [5.74, 6) is 1.57. The van der Waals surface area contributed by atoms with Crippen molar-refractivity contribution in [1.29, 1.82) is 0 Å². The van der Waals surface area contributed by atoms with Gasteiger partial charge >= 0.3 is 0 Å². The van der Waals surface area contributed by atoms with Crippen molar-refractivity contribution in [2.75, 3.05) is 26.3 Å². The van der Waals surface area contributed by atoms with Crippen LogP contribution >= 0.6 is 0 Å². The molecule has 0 N–H and O–H groups in total.